The molecule has 0 radical (unpaired) electrons. The first-order valence-corrected chi connectivity index (χ1v) is 5.35. The van der Waals surface area contributed by atoms with Crippen LogP contribution in [0.15, 0.2) is 23.1 Å². The minimum absolute atomic E-state index is 0.0997. The van der Waals surface area contributed by atoms with Crippen molar-refractivity contribution < 1.29 is 18.3 Å². The van der Waals surface area contributed by atoms with Crippen molar-refractivity contribution in [3.05, 3.63) is 29.3 Å². The molecule has 2 rings (SSSR count). The molecule has 0 aliphatic carbocycles. The van der Waals surface area contributed by atoms with Gasteiger partial charge in [0.2, 0.25) is 10.0 Å². The third kappa shape index (κ3) is 1.28. The van der Waals surface area contributed by atoms with Crippen molar-refractivity contribution in [2.45, 2.75) is 11.4 Å². The minimum atomic E-state index is -3.39. The van der Waals surface area contributed by atoms with Crippen LogP contribution in [-0.4, -0.2) is 19.5 Å². The number of hydrogen-bond acceptors (Lipinski definition) is 3. The van der Waals surface area contributed by atoms with Gasteiger partial charge in [0, 0.05) is 6.54 Å². The zero-order valence-electron chi connectivity index (χ0n) is 7.02. The molecule has 0 saturated heterocycles. The summed E-state index contributed by atoms with van der Waals surface area (Å²) in [6, 6.07) is 3.97. The molecule has 0 unspecified atom stereocenters. The zero-order valence-corrected chi connectivity index (χ0v) is 7.84. The summed E-state index contributed by atoms with van der Waals surface area (Å²) in [5.41, 5.74) is 0.604. The zero-order chi connectivity index (χ0) is 10.3. The van der Waals surface area contributed by atoms with Crippen LogP contribution in [-0.2, 0) is 16.6 Å². The second-order valence-electron chi connectivity index (χ2n) is 2.95. The summed E-state index contributed by atoms with van der Waals surface area (Å²) >= 11 is 0. The fourth-order valence-electron chi connectivity index (χ4n) is 1.36. The maximum atomic E-state index is 11.3. The fourth-order valence-corrected chi connectivity index (χ4v) is 2.59. The van der Waals surface area contributed by atoms with Gasteiger partial charge in [-0.25, -0.2) is 17.9 Å². The van der Waals surface area contributed by atoms with Gasteiger partial charge >= 0.3 is 5.97 Å². The topological polar surface area (TPSA) is 83.5 Å². The van der Waals surface area contributed by atoms with E-state index < -0.39 is 16.0 Å². The summed E-state index contributed by atoms with van der Waals surface area (Å²) in [6.07, 6.45) is 0. The molecule has 0 spiro atoms. The molecule has 1 heterocycles. The van der Waals surface area contributed by atoms with E-state index in [2.05, 4.69) is 4.72 Å². The number of carbonyl (C=O) groups is 1. The van der Waals surface area contributed by atoms with E-state index in [9.17, 15) is 13.2 Å². The number of nitrogens with one attached hydrogen (secondary N) is 1. The van der Waals surface area contributed by atoms with Crippen LogP contribution in [0, 0.1) is 0 Å². The Hall–Kier alpha value is -1.40. The lowest BCUT2D eigenvalue weighted by atomic mass is 10.1. The number of rotatable bonds is 1. The molecule has 0 atom stereocenters. The average molecular weight is 213 g/mol. The van der Waals surface area contributed by atoms with E-state index in [0.29, 0.717) is 5.56 Å². The van der Waals surface area contributed by atoms with Crippen LogP contribution in [0.5, 0.6) is 0 Å². The Balaban J connectivity index is 2.61. The van der Waals surface area contributed by atoms with E-state index in [-0.39, 0.29) is 17.0 Å². The molecule has 2 N–H and O–H groups in total. The number of sulfonamides is 1. The first-order valence-electron chi connectivity index (χ1n) is 3.86. The van der Waals surface area contributed by atoms with Crippen LogP contribution in [0.3, 0.4) is 0 Å². The van der Waals surface area contributed by atoms with Gasteiger partial charge in [0.05, 0.1) is 10.5 Å². The average Bonchev–Trinajstić information content (AvgIpc) is 2.42. The summed E-state index contributed by atoms with van der Waals surface area (Å²) in [5.74, 6) is -1.06. The molecule has 0 bridgehead atoms. The molecular weight excluding hydrogens is 206 g/mol. The highest BCUT2D eigenvalue weighted by Crippen LogP contribution is 2.22. The van der Waals surface area contributed by atoms with E-state index in [0.717, 1.165) is 0 Å². The molecule has 14 heavy (non-hydrogen) atoms. The van der Waals surface area contributed by atoms with Gasteiger partial charge in [-0.15, -0.1) is 0 Å². The van der Waals surface area contributed by atoms with Gasteiger partial charge in [0.1, 0.15) is 0 Å². The van der Waals surface area contributed by atoms with Crippen molar-refractivity contribution in [1.29, 1.82) is 0 Å². The van der Waals surface area contributed by atoms with Crippen molar-refractivity contribution in [2.75, 3.05) is 0 Å². The Morgan fingerprint density at radius 3 is 2.79 bits per heavy atom. The molecule has 6 heteroatoms. The Bertz CT molecular complexity index is 506. The molecule has 1 aromatic carbocycles. The number of aromatic carboxylic acids is 1. The van der Waals surface area contributed by atoms with Gasteiger partial charge in [0.25, 0.3) is 0 Å². The lowest BCUT2D eigenvalue weighted by Crippen LogP contribution is -2.13. The molecule has 1 aromatic rings. The van der Waals surface area contributed by atoms with E-state index >= 15 is 0 Å². The van der Waals surface area contributed by atoms with Gasteiger partial charge in [-0.2, -0.15) is 0 Å². The fraction of sp³-hybridized carbons (Fsp3) is 0.125. The van der Waals surface area contributed by atoms with Crippen LogP contribution in [0.1, 0.15) is 15.9 Å². The SMILES string of the molecule is O=C(O)c1ccc2c(c1)CNS2(=O)=O. The molecule has 0 amide bonds. The molecule has 1 aliphatic rings. The maximum absolute atomic E-state index is 11.3. The highest BCUT2D eigenvalue weighted by Gasteiger charge is 2.25. The summed E-state index contributed by atoms with van der Waals surface area (Å²) in [7, 11) is -3.39. The van der Waals surface area contributed by atoms with Crippen LogP contribution < -0.4 is 4.72 Å². The predicted molar refractivity (Wildman–Crippen MR) is 47.4 cm³/mol. The first-order chi connectivity index (χ1) is 6.50. The summed E-state index contributed by atoms with van der Waals surface area (Å²) < 4.78 is 24.9. The minimum Gasteiger partial charge on any atom is -0.478 e. The second-order valence-corrected chi connectivity index (χ2v) is 4.69. The predicted octanol–water partition coefficient (Wildman–Crippen LogP) is 0.177. The smallest absolute Gasteiger partial charge is 0.335 e. The number of fused-ring (bicyclic) bond motifs is 1. The Labute approximate surface area is 80.4 Å². The van der Waals surface area contributed by atoms with Crippen LogP contribution in [0.25, 0.3) is 0 Å². The first kappa shape index (κ1) is 9.17. The largest absolute Gasteiger partial charge is 0.478 e. The highest BCUT2D eigenvalue weighted by atomic mass is 32.2. The van der Waals surface area contributed by atoms with Crippen molar-refractivity contribution in [3.63, 3.8) is 0 Å². The lowest BCUT2D eigenvalue weighted by Gasteiger charge is -1.98. The lowest BCUT2D eigenvalue weighted by molar-refractivity contribution is 0.0696. The molecule has 0 saturated carbocycles. The molecule has 0 fully saturated rings. The van der Waals surface area contributed by atoms with E-state index in [1.807, 2.05) is 0 Å². The molecule has 0 aromatic heterocycles. The monoisotopic (exact) mass is 213 g/mol. The number of hydrogen-bond donors (Lipinski definition) is 2. The van der Waals surface area contributed by atoms with E-state index in [1.54, 1.807) is 0 Å². The summed E-state index contributed by atoms with van der Waals surface area (Å²) in [5, 5.41) is 8.68. The van der Waals surface area contributed by atoms with Crippen molar-refractivity contribution in [1.82, 2.24) is 4.72 Å². The van der Waals surface area contributed by atoms with E-state index in [1.165, 1.54) is 18.2 Å². The van der Waals surface area contributed by atoms with Gasteiger partial charge in [0.15, 0.2) is 0 Å². The Kier molecular flexibility index (Phi) is 1.83. The molecule has 1 aliphatic heterocycles. The quantitative estimate of drug-likeness (QED) is 0.696. The van der Waals surface area contributed by atoms with Crippen LogP contribution in [0.4, 0.5) is 0 Å². The molecular formula is C8H7NO4S. The number of carboxylic acids is 1. The second kappa shape index (κ2) is 2.79. The third-order valence-electron chi connectivity index (χ3n) is 2.05. The van der Waals surface area contributed by atoms with Crippen molar-refractivity contribution >= 4 is 16.0 Å². The van der Waals surface area contributed by atoms with Crippen molar-refractivity contribution in [3.8, 4) is 0 Å². The maximum Gasteiger partial charge on any atom is 0.335 e. The van der Waals surface area contributed by atoms with Gasteiger partial charge in [-0.1, -0.05) is 0 Å². The third-order valence-corrected chi connectivity index (χ3v) is 3.55. The molecule has 5 nitrogen and oxygen atoms in total. The van der Waals surface area contributed by atoms with E-state index in [4.69, 9.17) is 5.11 Å². The normalized spacial score (nSPS) is 17.7. The van der Waals surface area contributed by atoms with Gasteiger partial charge < -0.3 is 5.11 Å². The van der Waals surface area contributed by atoms with Gasteiger partial charge in [-0.3, -0.25) is 0 Å². The van der Waals surface area contributed by atoms with Crippen molar-refractivity contribution in [2.24, 2.45) is 0 Å². The number of carboxylic acid groups (broad SMARTS) is 1. The summed E-state index contributed by atoms with van der Waals surface area (Å²) in [6.45, 7) is 0.165. The highest BCUT2D eigenvalue weighted by molar-refractivity contribution is 7.89. The van der Waals surface area contributed by atoms with Crippen LogP contribution in [0.2, 0.25) is 0 Å². The Morgan fingerprint density at radius 2 is 2.14 bits per heavy atom. The number of benzene rings is 1. The van der Waals surface area contributed by atoms with Gasteiger partial charge in [-0.05, 0) is 23.8 Å². The Morgan fingerprint density at radius 1 is 1.43 bits per heavy atom. The summed E-state index contributed by atoms with van der Waals surface area (Å²) in [4.78, 5) is 10.8. The van der Waals surface area contributed by atoms with Crippen LogP contribution >= 0.6 is 0 Å². The molecule has 74 valence electrons. The standard InChI is InChI=1S/C8H7NO4S/c10-8(11)5-1-2-7-6(3-5)4-9-14(7,12)13/h1-3,9H,4H2,(H,10,11).